The fourth-order valence-electron chi connectivity index (χ4n) is 3.07. The van der Waals surface area contributed by atoms with E-state index in [0.29, 0.717) is 13.1 Å². The molecule has 2 heterocycles. The van der Waals surface area contributed by atoms with Crippen LogP contribution in [0.3, 0.4) is 0 Å². The number of aryl methyl sites for hydroxylation is 1. The summed E-state index contributed by atoms with van der Waals surface area (Å²) >= 11 is 0. The zero-order chi connectivity index (χ0) is 17.2. The van der Waals surface area contributed by atoms with E-state index < -0.39 is 12.6 Å². The number of pyridine rings is 1. The van der Waals surface area contributed by atoms with E-state index >= 15 is 0 Å². The van der Waals surface area contributed by atoms with E-state index in [0.717, 1.165) is 34.9 Å². The van der Waals surface area contributed by atoms with Gasteiger partial charge in [-0.1, -0.05) is 0 Å². The maximum atomic E-state index is 12.3. The average molecular weight is 338 g/mol. The average Bonchev–Trinajstić information content (AvgIpc) is 2.54. The van der Waals surface area contributed by atoms with Crippen LogP contribution in [0.25, 0.3) is 10.8 Å². The summed E-state index contributed by atoms with van der Waals surface area (Å²) in [5.41, 5.74) is 1.05. The maximum absolute atomic E-state index is 12.3. The van der Waals surface area contributed by atoms with Gasteiger partial charge in [0.1, 0.15) is 11.9 Å². The second-order valence-corrected chi connectivity index (χ2v) is 6.36. The molecule has 6 heteroatoms. The quantitative estimate of drug-likeness (QED) is 0.829. The van der Waals surface area contributed by atoms with E-state index in [1.165, 1.54) is 0 Å². The van der Waals surface area contributed by atoms with Crippen LogP contribution in [-0.4, -0.2) is 41.8 Å². The second kappa shape index (κ2) is 6.97. The zero-order valence-corrected chi connectivity index (χ0v) is 13.6. The number of fused-ring (bicyclic) bond motifs is 1. The third-order valence-electron chi connectivity index (χ3n) is 4.47. The molecule has 0 N–H and O–H groups in total. The Morgan fingerprint density at radius 1 is 1.21 bits per heavy atom. The highest BCUT2D eigenvalue weighted by Crippen LogP contribution is 2.28. The van der Waals surface area contributed by atoms with Crippen molar-refractivity contribution in [3.63, 3.8) is 0 Å². The van der Waals surface area contributed by atoms with E-state index in [2.05, 4.69) is 11.1 Å². The molecule has 0 radical (unpaired) electrons. The summed E-state index contributed by atoms with van der Waals surface area (Å²) < 4.78 is 43.0. The number of benzene rings is 1. The molecule has 3 rings (SSSR count). The smallest absolute Gasteiger partial charge is 0.390 e. The third-order valence-corrected chi connectivity index (χ3v) is 4.47. The molecule has 130 valence electrons. The second-order valence-electron chi connectivity index (χ2n) is 6.36. The highest BCUT2D eigenvalue weighted by molar-refractivity contribution is 5.84. The number of nitrogens with zero attached hydrogens (tertiary/aromatic N) is 2. The fourth-order valence-corrected chi connectivity index (χ4v) is 3.07. The number of halogens is 3. The molecule has 0 bridgehead atoms. The summed E-state index contributed by atoms with van der Waals surface area (Å²) in [6.45, 7) is 3.38. The lowest BCUT2D eigenvalue weighted by Gasteiger charge is -2.32. The van der Waals surface area contributed by atoms with Gasteiger partial charge in [0.15, 0.2) is 0 Å². The van der Waals surface area contributed by atoms with Gasteiger partial charge in [-0.3, -0.25) is 4.98 Å². The first-order valence-electron chi connectivity index (χ1n) is 8.21. The standard InChI is InChI=1S/C18H21F3N2O/c1-13-10-15-12-22-6-2-14(15)11-17(13)24-16-3-7-23(8-4-16)9-5-18(19,20)21/h2,6,10-12,16H,3-5,7-9H2,1H3. The van der Waals surface area contributed by atoms with Gasteiger partial charge in [0.2, 0.25) is 0 Å². The third kappa shape index (κ3) is 4.38. The highest BCUT2D eigenvalue weighted by Gasteiger charge is 2.29. The van der Waals surface area contributed by atoms with Crippen LogP contribution in [0.2, 0.25) is 0 Å². The molecule has 1 saturated heterocycles. The summed E-state index contributed by atoms with van der Waals surface area (Å²) in [7, 11) is 0. The van der Waals surface area contributed by atoms with Crippen LogP contribution >= 0.6 is 0 Å². The Balaban J connectivity index is 1.57. The Labute approximate surface area is 139 Å². The number of piperidine rings is 1. The summed E-state index contributed by atoms with van der Waals surface area (Å²) in [4.78, 5) is 5.98. The number of ether oxygens (including phenoxy) is 1. The number of rotatable bonds is 4. The molecule has 1 aromatic heterocycles. The number of hydrogen-bond donors (Lipinski definition) is 0. The van der Waals surface area contributed by atoms with Crippen LogP contribution in [0.1, 0.15) is 24.8 Å². The van der Waals surface area contributed by atoms with Crippen molar-refractivity contribution >= 4 is 10.8 Å². The molecular weight excluding hydrogens is 317 g/mol. The van der Waals surface area contributed by atoms with Crippen molar-refractivity contribution in [2.75, 3.05) is 19.6 Å². The normalized spacial score (nSPS) is 17.3. The SMILES string of the molecule is Cc1cc2cnccc2cc1OC1CCN(CCC(F)(F)F)CC1. The molecule has 2 aromatic rings. The fraction of sp³-hybridized carbons (Fsp3) is 0.500. The van der Waals surface area contributed by atoms with Gasteiger partial charge in [-0.2, -0.15) is 13.2 Å². The predicted octanol–water partition coefficient (Wildman–Crippen LogP) is 4.34. The lowest BCUT2D eigenvalue weighted by molar-refractivity contribution is -0.138. The van der Waals surface area contributed by atoms with Crippen LogP contribution in [0.4, 0.5) is 13.2 Å². The van der Waals surface area contributed by atoms with E-state index in [9.17, 15) is 13.2 Å². The minimum absolute atomic E-state index is 0.0603. The van der Waals surface area contributed by atoms with Gasteiger partial charge in [-0.25, -0.2) is 0 Å². The van der Waals surface area contributed by atoms with Gasteiger partial charge < -0.3 is 9.64 Å². The summed E-state index contributed by atoms with van der Waals surface area (Å²) in [6, 6.07) is 6.01. The van der Waals surface area contributed by atoms with Gasteiger partial charge in [0.25, 0.3) is 0 Å². The molecule has 1 aliphatic heterocycles. The number of likely N-dealkylation sites (tertiary alicyclic amines) is 1. The molecule has 0 aliphatic carbocycles. The van der Waals surface area contributed by atoms with Gasteiger partial charge in [-0.05, 0) is 48.9 Å². The van der Waals surface area contributed by atoms with Gasteiger partial charge in [0.05, 0.1) is 6.42 Å². The minimum Gasteiger partial charge on any atom is -0.490 e. The molecule has 0 spiro atoms. The van der Waals surface area contributed by atoms with Crippen LogP contribution < -0.4 is 4.74 Å². The van der Waals surface area contributed by atoms with E-state index in [1.54, 1.807) is 6.20 Å². The van der Waals surface area contributed by atoms with Crippen molar-refractivity contribution in [3.8, 4) is 5.75 Å². The number of aromatic nitrogens is 1. The summed E-state index contributed by atoms with van der Waals surface area (Å²) in [6.07, 6.45) is 0.328. The lowest BCUT2D eigenvalue weighted by atomic mass is 10.1. The molecule has 1 aromatic carbocycles. The van der Waals surface area contributed by atoms with Crippen LogP contribution in [0, 0.1) is 6.92 Å². The number of hydrogen-bond acceptors (Lipinski definition) is 3. The Kier molecular flexibility index (Phi) is 4.94. The van der Waals surface area contributed by atoms with E-state index in [4.69, 9.17) is 4.74 Å². The van der Waals surface area contributed by atoms with Crippen molar-refractivity contribution in [1.82, 2.24) is 9.88 Å². The highest BCUT2D eigenvalue weighted by atomic mass is 19.4. The first kappa shape index (κ1) is 17.0. The Morgan fingerprint density at radius 3 is 2.67 bits per heavy atom. The van der Waals surface area contributed by atoms with Crippen LogP contribution in [0.15, 0.2) is 30.6 Å². The van der Waals surface area contributed by atoms with E-state index in [1.807, 2.05) is 30.2 Å². The molecular formula is C18H21F3N2O. The molecule has 0 saturated carbocycles. The molecule has 0 unspecified atom stereocenters. The van der Waals surface area contributed by atoms with Crippen LogP contribution in [-0.2, 0) is 0 Å². The Hall–Kier alpha value is -1.82. The van der Waals surface area contributed by atoms with Crippen molar-refractivity contribution in [3.05, 3.63) is 36.2 Å². The number of alkyl halides is 3. The van der Waals surface area contributed by atoms with Gasteiger partial charge in [-0.15, -0.1) is 0 Å². The van der Waals surface area contributed by atoms with Gasteiger partial charge >= 0.3 is 6.18 Å². The molecule has 0 amide bonds. The first-order chi connectivity index (χ1) is 11.4. The summed E-state index contributed by atoms with van der Waals surface area (Å²) in [5, 5.41) is 2.15. The topological polar surface area (TPSA) is 25.4 Å². The Bertz CT molecular complexity index is 694. The molecule has 1 fully saturated rings. The van der Waals surface area contributed by atoms with Crippen molar-refractivity contribution in [2.24, 2.45) is 0 Å². The first-order valence-corrected chi connectivity index (χ1v) is 8.21. The van der Waals surface area contributed by atoms with E-state index in [-0.39, 0.29) is 12.6 Å². The van der Waals surface area contributed by atoms with Crippen molar-refractivity contribution < 1.29 is 17.9 Å². The monoisotopic (exact) mass is 338 g/mol. The van der Waals surface area contributed by atoms with Crippen molar-refractivity contribution in [1.29, 1.82) is 0 Å². The predicted molar refractivity (Wildman–Crippen MR) is 87.2 cm³/mol. The molecule has 1 aliphatic rings. The minimum atomic E-state index is -4.08. The molecule has 3 nitrogen and oxygen atoms in total. The molecule has 0 atom stereocenters. The van der Waals surface area contributed by atoms with Gasteiger partial charge in [0, 0.05) is 37.4 Å². The zero-order valence-electron chi connectivity index (χ0n) is 13.6. The molecule has 24 heavy (non-hydrogen) atoms. The Morgan fingerprint density at radius 2 is 1.96 bits per heavy atom. The maximum Gasteiger partial charge on any atom is 0.390 e. The largest absolute Gasteiger partial charge is 0.490 e. The van der Waals surface area contributed by atoms with Crippen LogP contribution in [0.5, 0.6) is 5.75 Å². The summed E-state index contributed by atoms with van der Waals surface area (Å²) in [5.74, 6) is 0.849. The lowest BCUT2D eigenvalue weighted by Crippen LogP contribution is -2.39. The van der Waals surface area contributed by atoms with Crippen molar-refractivity contribution in [2.45, 2.75) is 38.5 Å².